The van der Waals surface area contributed by atoms with Crippen LogP contribution in [0.3, 0.4) is 0 Å². The highest BCUT2D eigenvalue weighted by molar-refractivity contribution is 7.99. The van der Waals surface area contributed by atoms with E-state index >= 15 is 0 Å². The van der Waals surface area contributed by atoms with E-state index in [1.165, 1.54) is 23.9 Å². The first-order chi connectivity index (χ1) is 12.9. The molecule has 140 valence electrons. The van der Waals surface area contributed by atoms with Gasteiger partial charge < -0.3 is 9.88 Å². The van der Waals surface area contributed by atoms with E-state index in [2.05, 4.69) is 15.5 Å². The van der Waals surface area contributed by atoms with E-state index in [1.54, 1.807) is 10.6 Å². The Kier molecular flexibility index (Phi) is 6.55. The van der Waals surface area contributed by atoms with Gasteiger partial charge in [-0.1, -0.05) is 70.3 Å². The molecule has 2 aromatic carbocycles. The highest BCUT2D eigenvalue weighted by atomic mass is 35.5. The average molecular weight is 462 g/mol. The van der Waals surface area contributed by atoms with Gasteiger partial charge in [0.2, 0.25) is 5.91 Å². The molecule has 1 heterocycles. The number of carbonyl (C=O) groups is 1. The van der Waals surface area contributed by atoms with Crippen molar-refractivity contribution < 1.29 is 4.79 Å². The first-order valence-corrected chi connectivity index (χ1v) is 10.1. The van der Waals surface area contributed by atoms with E-state index in [0.29, 0.717) is 36.8 Å². The fraction of sp³-hybridized carbons (Fsp3) is 0.118. The Hall–Kier alpha value is -1.44. The maximum Gasteiger partial charge on any atom is 0.234 e. The zero-order valence-electron chi connectivity index (χ0n) is 13.8. The smallest absolute Gasteiger partial charge is 0.234 e. The van der Waals surface area contributed by atoms with Crippen LogP contribution in [-0.4, -0.2) is 26.4 Å². The second-order valence-electron chi connectivity index (χ2n) is 5.43. The van der Waals surface area contributed by atoms with E-state index in [1.807, 2.05) is 25.2 Å². The normalized spacial score (nSPS) is 10.9. The van der Waals surface area contributed by atoms with Gasteiger partial charge in [0.15, 0.2) is 11.0 Å². The van der Waals surface area contributed by atoms with Crippen molar-refractivity contribution in [1.29, 1.82) is 0 Å². The molecule has 0 fully saturated rings. The molecule has 0 saturated heterocycles. The summed E-state index contributed by atoms with van der Waals surface area (Å²) in [6.07, 6.45) is 0. The van der Waals surface area contributed by atoms with Crippen LogP contribution in [0, 0.1) is 0 Å². The maximum absolute atomic E-state index is 12.2. The Bertz CT molecular complexity index is 1010. The van der Waals surface area contributed by atoms with Crippen molar-refractivity contribution in [3.63, 3.8) is 0 Å². The zero-order valence-corrected chi connectivity index (χ0v) is 17.7. The minimum Gasteiger partial charge on any atom is -0.324 e. The van der Waals surface area contributed by atoms with Gasteiger partial charge in [-0.3, -0.25) is 4.79 Å². The number of aromatic nitrogens is 3. The molecule has 0 aliphatic carbocycles. The molecule has 5 nitrogen and oxygen atoms in total. The lowest BCUT2D eigenvalue weighted by Gasteiger charge is -2.09. The summed E-state index contributed by atoms with van der Waals surface area (Å²) in [5.74, 6) is 0.476. The highest BCUT2D eigenvalue weighted by Gasteiger charge is 2.15. The van der Waals surface area contributed by atoms with Crippen LogP contribution in [0.15, 0.2) is 41.6 Å². The summed E-state index contributed by atoms with van der Waals surface area (Å²) in [5.41, 5.74) is 1.17. The van der Waals surface area contributed by atoms with Gasteiger partial charge in [-0.2, -0.15) is 0 Å². The molecule has 1 amide bonds. The number of nitrogens with one attached hydrogen (secondary N) is 1. The Labute approximate surface area is 180 Å². The summed E-state index contributed by atoms with van der Waals surface area (Å²) < 4.78 is 1.78. The lowest BCUT2D eigenvalue weighted by atomic mass is 10.2. The number of halogens is 4. The topological polar surface area (TPSA) is 59.8 Å². The molecule has 0 unspecified atom stereocenters. The summed E-state index contributed by atoms with van der Waals surface area (Å²) in [6, 6.07) is 10.3. The van der Waals surface area contributed by atoms with E-state index in [9.17, 15) is 4.79 Å². The van der Waals surface area contributed by atoms with Crippen molar-refractivity contribution in [2.75, 3.05) is 11.1 Å². The summed E-state index contributed by atoms with van der Waals surface area (Å²) in [7, 11) is 1.81. The Balaban J connectivity index is 1.68. The lowest BCUT2D eigenvalue weighted by Crippen LogP contribution is -2.14. The van der Waals surface area contributed by atoms with Gasteiger partial charge in [0.1, 0.15) is 0 Å². The number of hydrogen-bond donors (Lipinski definition) is 1. The van der Waals surface area contributed by atoms with E-state index in [-0.39, 0.29) is 11.7 Å². The number of hydrogen-bond acceptors (Lipinski definition) is 4. The van der Waals surface area contributed by atoms with Crippen LogP contribution in [0.1, 0.15) is 0 Å². The average Bonchev–Trinajstić information content (AvgIpc) is 2.99. The standard InChI is InChI=1S/C17H12Cl4N4OS/c1-25-16(9-4-2-3-5-10(9)18)23-24-17(25)27-8-15(26)22-14-7-12(20)11(19)6-13(14)21/h2-7H,8H2,1H3,(H,22,26). The second kappa shape index (κ2) is 8.71. The molecule has 0 radical (unpaired) electrons. The molecule has 3 rings (SSSR count). The fourth-order valence-corrected chi connectivity index (χ4v) is 3.78. The van der Waals surface area contributed by atoms with E-state index in [0.717, 1.165) is 5.56 Å². The van der Waals surface area contributed by atoms with Crippen molar-refractivity contribution in [3.8, 4) is 11.4 Å². The molecule has 0 saturated carbocycles. The predicted octanol–water partition coefficient (Wildman–Crippen LogP) is 5.83. The van der Waals surface area contributed by atoms with Gasteiger partial charge in [0, 0.05) is 12.6 Å². The largest absolute Gasteiger partial charge is 0.324 e. The molecular formula is C17H12Cl4N4OS. The Morgan fingerprint density at radius 1 is 1.04 bits per heavy atom. The van der Waals surface area contributed by atoms with Crippen LogP contribution in [-0.2, 0) is 11.8 Å². The number of anilines is 1. The van der Waals surface area contributed by atoms with Crippen LogP contribution in [0.25, 0.3) is 11.4 Å². The zero-order chi connectivity index (χ0) is 19.6. The van der Waals surface area contributed by atoms with Crippen molar-refractivity contribution in [1.82, 2.24) is 14.8 Å². The predicted molar refractivity (Wildman–Crippen MR) is 112 cm³/mol. The van der Waals surface area contributed by atoms with Crippen molar-refractivity contribution >= 4 is 69.8 Å². The fourth-order valence-electron chi connectivity index (χ4n) is 2.25. The molecule has 1 aromatic heterocycles. The van der Waals surface area contributed by atoms with Gasteiger partial charge in [0.05, 0.1) is 31.5 Å². The molecule has 10 heteroatoms. The third-order valence-corrected chi connectivity index (χ3v) is 5.95. The van der Waals surface area contributed by atoms with Crippen LogP contribution >= 0.6 is 58.2 Å². The number of rotatable bonds is 5. The maximum atomic E-state index is 12.2. The molecule has 0 aliphatic heterocycles. The number of thioether (sulfide) groups is 1. The molecule has 3 aromatic rings. The molecule has 0 aliphatic rings. The lowest BCUT2D eigenvalue weighted by molar-refractivity contribution is -0.113. The third kappa shape index (κ3) is 4.70. The third-order valence-electron chi connectivity index (χ3n) is 3.57. The summed E-state index contributed by atoms with van der Waals surface area (Å²) in [4.78, 5) is 12.2. The van der Waals surface area contributed by atoms with Crippen molar-refractivity contribution in [2.24, 2.45) is 7.05 Å². The van der Waals surface area contributed by atoms with Crippen LogP contribution in [0.5, 0.6) is 0 Å². The van der Waals surface area contributed by atoms with Gasteiger partial charge in [-0.05, 0) is 24.3 Å². The Morgan fingerprint density at radius 3 is 2.48 bits per heavy atom. The number of nitrogens with zero attached hydrogens (tertiary/aromatic N) is 3. The van der Waals surface area contributed by atoms with Crippen LogP contribution in [0.2, 0.25) is 20.1 Å². The first-order valence-electron chi connectivity index (χ1n) is 7.58. The molecule has 0 bridgehead atoms. The second-order valence-corrected chi connectivity index (χ2v) is 8.00. The number of benzene rings is 2. The minimum atomic E-state index is -0.261. The van der Waals surface area contributed by atoms with Crippen molar-refractivity contribution in [2.45, 2.75) is 5.16 Å². The Morgan fingerprint density at radius 2 is 1.74 bits per heavy atom. The van der Waals surface area contributed by atoms with Gasteiger partial charge >= 0.3 is 0 Å². The van der Waals surface area contributed by atoms with Gasteiger partial charge in [0.25, 0.3) is 0 Å². The summed E-state index contributed by atoms with van der Waals surface area (Å²) in [5, 5.41) is 13.1. The van der Waals surface area contributed by atoms with Gasteiger partial charge in [-0.25, -0.2) is 0 Å². The first kappa shape index (κ1) is 20.3. The SMILES string of the molecule is Cn1c(SCC(=O)Nc2cc(Cl)c(Cl)cc2Cl)nnc1-c1ccccc1Cl. The summed E-state index contributed by atoms with van der Waals surface area (Å²) >= 11 is 25.4. The molecule has 27 heavy (non-hydrogen) atoms. The van der Waals surface area contributed by atoms with Crippen LogP contribution < -0.4 is 5.32 Å². The molecule has 1 N–H and O–H groups in total. The van der Waals surface area contributed by atoms with E-state index < -0.39 is 0 Å². The van der Waals surface area contributed by atoms with E-state index in [4.69, 9.17) is 46.4 Å². The minimum absolute atomic E-state index is 0.116. The molecule has 0 atom stereocenters. The monoisotopic (exact) mass is 460 g/mol. The number of amides is 1. The molecule has 0 spiro atoms. The highest BCUT2D eigenvalue weighted by Crippen LogP contribution is 2.32. The number of carbonyl (C=O) groups excluding carboxylic acids is 1. The summed E-state index contributed by atoms with van der Waals surface area (Å²) in [6.45, 7) is 0. The van der Waals surface area contributed by atoms with Gasteiger partial charge in [-0.15, -0.1) is 10.2 Å². The molecular weight excluding hydrogens is 450 g/mol. The van der Waals surface area contributed by atoms with Crippen LogP contribution in [0.4, 0.5) is 5.69 Å². The quantitative estimate of drug-likeness (QED) is 0.383. The van der Waals surface area contributed by atoms with Crippen molar-refractivity contribution in [3.05, 3.63) is 56.5 Å².